The molecule has 146 valence electrons. The Kier molecular flexibility index (Phi) is 5.22. The maximum absolute atomic E-state index is 12.1. The number of pyridine rings is 1. The summed E-state index contributed by atoms with van der Waals surface area (Å²) in [7, 11) is 0. The largest absolute Gasteiger partial charge is 0.463 e. The van der Waals surface area contributed by atoms with Crippen LogP contribution >= 0.6 is 0 Å². The van der Waals surface area contributed by atoms with Crippen molar-refractivity contribution in [3.05, 3.63) is 84.2 Å². The van der Waals surface area contributed by atoms with Crippen LogP contribution in [0.25, 0.3) is 33.5 Å². The zero-order valence-corrected chi connectivity index (χ0v) is 17.1. The topological polar surface area (TPSA) is 30.7 Å². The Morgan fingerprint density at radius 1 is 1.03 bits per heavy atom. The van der Waals surface area contributed by atoms with E-state index in [0.29, 0.717) is 6.61 Å². The van der Waals surface area contributed by atoms with Crippen LogP contribution in [0.3, 0.4) is 0 Å². The lowest BCUT2D eigenvalue weighted by atomic mass is 9.96. The molecule has 3 heteroatoms. The van der Waals surface area contributed by atoms with Crippen molar-refractivity contribution in [3.8, 4) is 11.1 Å². The van der Waals surface area contributed by atoms with E-state index in [1.165, 1.54) is 22.0 Å². The van der Waals surface area contributed by atoms with Crippen LogP contribution in [0.5, 0.6) is 0 Å². The molecule has 0 aliphatic rings. The van der Waals surface area contributed by atoms with Crippen LogP contribution in [0.4, 0.5) is 0 Å². The van der Waals surface area contributed by atoms with Crippen molar-refractivity contribution in [1.29, 1.82) is 0 Å². The number of hydrogen-bond donors (Lipinski definition) is 0. The van der Waals surface area contributed by atoms with Gasteiger partial charge in [-0.2, -0.15) is 0 Å². The van der Waals surface area contributed by atoms with E-state index in [-0.39, 0.29) is 11.9 Å². The molecule has 0 bridgehead atoms. The van der Waals surface area contributed by atoms with E-state index in [2.05, 4.69) is 79.0 Å². The number of benzene rings is 2. The fourth-order valence-electron chi connectivity index (χ4n) is 4.06. The van der Waals surface area contributed by atoms with Crippen LogP contribution in [0, 0.1) is 0 Å². The van der Waals surface area contributed by atoms with Crippen LogP contribution in [-0.2, 0) is 9.53 Å². The number of carbonyl (C=O) groups excluding carboxylic acids is 1. The maximum Gasteiger partial charge on any atom is 0.330 e. The van der Waals surface area contributed by atoms with Crippen LogP contribution < -0.4 is 0 Å². The lowest BCUT2D eigenvalue weighted by molar-refractivity contribution is -0.137. The monoisotopic (exact) mass is 383 g/mol. The van der Waals surface area contributed by atoms with Crippen molar-refractivity contribution in [1.82, 2.24) is 4.40 Å². The van der Waals surface area contributed by atoms with E-state index in [0.717, 1.165) is 16.7 Å². The molecule has 0 saturated heterocycles. The molecule has 0 aliphatic carbocycles. The van der Waals surface area contributed by atoms with Crippen molar-refractivity contribution in [2.75, 3.05) is 6.61 Å². The summed E-state index contributed by atoms with van der Waals surface area (Å²) >= 11 is 0. The predicted molar refractivity (Wildman–Crippen MR) is 120 cm³/mol. The van der Waals surface area contributed by atoms with Gasteiger partial charge in [0.15, 0.2) is 0 Å². The molecule has 29 heavy (non-hydrogen) atoms. The quantitative estimate of drug-likeness (QED) is 0.292. The van der Waals surface area contributed by atoms with Gasteiger partial charge in [0.2, 0.25) is 0 Å². The molecule has 2 aromatic heterocycles. The van der Waals surface area contributed by atoms with Gasteiger partial charge in [-0.15, -0.1) is 0 Å². The second-order valence-electron chi connectivity index (χ2n) is 7.40. The Morgan fingerprint density at radius 3 is 2.48 bits per heavy atom. The summed E-state index contributed by atoms with van der Waals surface area (Å²) in [6.45, 7) is 6.56. The van der Waals surface area contributed by atoms with Crippen molar-refractivity contribution >= 4 is 28.3 Å². The average molecular weight is 383 g/mol. The molecule has 0 amide bonds. The highest BCUT2D eigenvalue weighted by atomic mass is 16.5. The van der Waals surface area contributed by atoms with Crippen molar-refractivity contribution in [3.63, 3.8) is 0 Å². The molecule has 0 unspecified atom stereocenters. The second-order valence-corrected chi connectivity index (χ2v) is 7.40. The van der Waals surface area contributed by atoms with E-state index < -0.39 is 0 Å². The molecule has 2 heterocycles. The first-order valence-corrected chi connectivity index (χ1v) is 10.1. The molecule has 4 rings (SSSR count). The number of nitrogens with zero attached hydrogens (tertiary/aromatic N) is 1. The highest BCUT2D eigenvalue weighted by Crippen LogP contribution is 2.40. The van der Waals surface area contributed by atoms with Crippen LogP contribution in [0.2, 0.25) is 0 Å². The number of fused-ring (bicyclic) bond motifs is 3. The summed E-state index contributed by atoms with van der Waals surface area (Å²) in [5.41, 5.74) is 5.70. The summed E-state index contributed by atoms with van der Waals surface area (Å²) in [5.74, 6) is -0.0377. The zero-order valence-electron chi connectivity index (χ0n) is 17.1. The van der Waals surface area contributed by atoms with Gasteiger partial charge in [-0.1, -0.05) is 68.4 Å². The third-order valence-corrected chi connectivity index (χ3v) is 5.18. The van der Waals surface area contributed by atoms with E-state index >= 15 is 0 Å². The van der Waals surface area contributed by atoms with Gasteiger partial charge in [0, 0.05) is 34.5 Å². The second kappa shape index (κ2) is 7.96. The highest BCUT2D eigenvalue weighted by Gasteiger charge is 2.21. The molecule has 0 fully saturated rings. The smallest absolute Gasteiger partial charge is 0.330 e. The first kappa shape index (κ1) is 19.0. The predicted octanol–water partition coefficient (Wildman–Crippen LogP) is 6.46. The molecule has 0 spiro atoms. The number of aromatic nitrogens is 1. The molecule has 0 atom stereocenters. The summed E-state index contributed by atoms with van der Waals surface area (Å²) in [5, 5.41) is 2.40. The van der Waals surface area contributed by atoms with Crippen LogP contribution in [0.15, 0.2) is 72.9 Å². The molecule has 0 aliphatic heterocycles. The molecule has 3 nitrogen and oxygen atoms in total. The Hall–Kier alpha value is -3.33. The fraction of sp³-hybridized carbons (Fsp3) is 0.192. The minimum absolute atomic E-state index is 0.281. The van der Waals surface area contributed by atoms with Crippen molar-refractivity contribution in [2.24, 2.45) is 0 Å². The zero-order chi connectivity index (χ0) is 20.4. The number of ether oxygens (including phenoxy) is 1. The molecular weight excluding hydrogens is 358 g/mol. The summed E-state index contributed by atoms with van der Waals surface area (Å²) in [6.07, 6.45) is 5.59. The molecule has 4 aromatic rings. The van der Waals surface area contributed by atoms with Gasteiger partial charge in [0.1, 0.15) is 0 Å². The summed E-state index contributed by atoms with van der Waals surface area (Å²) in [4.78, 5) is 12.1. The summed E-state index contributed by atoms with van der Waals surface area (Å²) in [6, 6.07) is 21.0. The van der Waals surface area contributed by atoms with E-state index in [1.807, 2.05) is 19.1 Å². The Labute approximate surface area is 171 Å². The molecular formula is C26H25NO2. The van der Waals surface area contributed by atoms with Gasteiger partial charge < -0.3 is 9.14 Å². The van der Waals surface area contributed by atoms with Gasteiger partial charge in [0.05, 0.1) is 12.1 Å². The number of carbonyl (C=O) groups is 1. The van der Waals surface area contributed by atoms with Crippen LogP contribution in [0.1, 0.15) is 37.9 Å². The van der Waals surface area contributed by atoms with Gasteiger partial charge in [-0.25, -0.2) is 4.79 Å². The molecule has 2 aromatic carbocycles. The Bertz CT molecular complexity index is 1200. The first-order chi connectivity index (χ1) is 14.1. The minimum Gasteiger partial charge on any atom is -0.463 e. The van der Waals surface area contributed by atoms with Crippen molar-refractivity contribution < 1.29 is 9.53 Å². The number of rotatable bonds is 5. The average Bonchev–Trinajstić information content (AvgIpc) is 3.08. The highest BCUT2D eigenvalue weighted by molar-refractivity contribution is 6.07. The van der Waals surface area contributed by atoms with Gasteiger partial charge in [0.25, 0.3) is 0 Å². The van der Waals surface area contributed by atoms with E-state index in [4.69, 9.17) is 4.74 Å². The lowest BCUT2D eigenvalue weighted by Crippen LogP contribution is -2.00. The first-order valence-electron chi connectivity index (χ1n) is 10.1. The normalized spacial score (nSPS) is 11.7. The summed E-state index contributed by atoms with van der Waals surface area (Å²) < 4.78 is 7.40. The number of esters is 1. The molecule has 0 saturated carbocycles. The maximum atomic E-state index is 12.1. The molecule has 0 radical (unpaired) electrons. The third kappa shape index (κ3) is 3.44. The Morgan fingerprint density at radius 2 is 1.76 bits per heavy atom. The minimum atomic E-state index is -0.318. The van der Waals surface area contributed by atoms with E-state index in [1.54, 1.807) is 6.08 Å². The SMILES string of the molecule is CCOC(=O)/C=C/c1c(-c2ccccc2)c2c3ccccc3ccn2c1C(C)C. The van der Waals surface area contributed by atoms with E-state index in [9.17, 15) is 4.79 Å². The third-order valence-electron chi connectivity index (χ3n) is 5.18. The van der Waals surface area contributed by atoms with Gasteiger partial charge in [-0.3, -0.25) is 0 Å². The van der Waals surface area contributed by atoms with Crippen LogP contribution in [-0.4, -0.2) is 17.0 Å². The fourth-order valence-corrected chi connectivity index (χ4v) is 4.06. The number of hydrogen-bond acceptors (Lipinski definition) is 2. The standard InChI is InChI=1S/C26H25NO2/c1-4-29-23(28)15-14-22-24(20-11-6-5-7-12-20)26-21-13-9-8-10-19(21)16-17-27(26)25(22)18(2)3/h5-18H,4H2,1-3H3/b15-14+. The van der Waals surface area contributed by atoms with Gasteiger partial charge >= 0.3 is 5.97 Å². The molecule has 0 N–H and O–H groups in total. The Balaban J connectivity index is 2.12. The lowest BCUT2D eigenvalue weighted by Gasteiger charge is -2.09. The van der Waals surface area contributed by atoms with Crippen molar-refractivity contribution in [2.45, 2.75) is 26.7 Å². The van der Waals surface area contributed by atoms with Gasteiger partial charge in [-0.05, 0) is 35.9 Å².